The van der Waals surface area contributed by atoms with Crippen LogP contribution in [0.3, 0.4) is 0 Å². The highest BCUT2D eigenvalue weighted by Crippen LogP contribution is 2.29. The van der Waals surface area contributed by atoms with Gasteiger partial charge in [-0.3, -0.25) is 4.90 Å². The van der Waals surface area contributed by atoms with Gasteiger partial charge in [-0.2, -0.15) is 0 Å². The lowest BCUT2D eigenvalue weighted by Gasteiger charge is -2.39. The average Bonchev–Trinajstić information content (AvgIpc) is 2.63. The molecule has 2 aromatic rings. The Morgan fingerprint density at radius 1 is 0.783 bits per heavy atom. The van der Waals surface area contributed by atoms with Gasteiger partial charge in [0.15, 0.2) is 0 Å². The van der Waals surface area contributed by atoms with Gasteiger partial charge in [0.2, 0.25) is 0 Å². The molecule has 0 spiro atoms. The van der Waals surface area contributed by atoms with Crippen LogP contribution in [-0.2, 0) is 0 Å². The lowest BCUT2D eigenvalue weighted by molar-refractivity contribution is 0.109. The predicted octanol–water partition coefficient (Wildman–Crippen LogP) is 2.74. The third-order valence-corrected chi connectivity index (χ3v) is 4.68. The highest BCUT2D eigenvalue weighted by Gasteiger charge is 2.25. The molecular weight excluding hydrogens is 282 g/mol. The van der Waals surface area contributed by atoms with Gasteiger partial charge in [-0.15, -0.1) is 0 Å². The molecular formula is C20H27N3. The quantitative estimate of drug-likeness (QED) is 0.890. The van der Waals surface area contributed by atoms with Crippen molar-refractivity contribution in [2.24, 2.45) is 5.73 Å². The first-order valence-electron chi connectivity index (χ1n) is 8.65. The van der Waals surface area contributed by atoms with Crippen molar-refractivity contribution < 1.29 is 0 Å². The van der Waals surface area contributed by atoms with E-state index in [1.807, 2.05) is 0 Å². The number of hydrogen-bond donors (Lipinski definition) is 1. The summed E-state index contributed by atoms with van der Waals surface area (Å²) in [6, 6.07) is 22.1. The Morgan fingerprint density at radius 2 is 1.30 bits per heavy atom. The van der Waals surface area contributed by atoms with Crippen LogP contribution < -0.4 is 5.73 Å². The van der Waals surface area contributed by atoms with Crippen LogP contribution in [0.2, 0.25) is 0 Å². The van der Waals surface area contributed by atoms with Gasteiger partial charge in [-0.05, 0) is 30.6 Å². The van der Waals surface area contributed by atoms with E-state index >= 15 is 0 Å². The molecule has 122 valence electrons. The summed E-state index contributed by atoms with van der Waals surface area (Å²) >= 11 is 0. The molecule has 3 rings (SSSR count). The summed E-state index contributed by atoms with van der Waals surface area (Å²) in [5.41, 5.74) is 8.40. The second-order valence-electron chi connectivity index (χ2n) is 6.24. The van der Waals surface area contributed by atoms with Crippen molar-refractivity contribution in [3.05, 3.63) is 71.8 Å². The Hall–Kier alpha value is -1.68. The highest BCUT2D eigenvalue weighted by atomic mass is 15.3. The number of nitrogens with two attached hydrogens (primary N) is 1. The lowest BCUT2D eigenvalue weighted by Crippen LogP contribution is -2.48. The SMILES string of the molecule is NCCCN1CCN(C(c2ccccc2)c2ccccc2)CC1. The van der Waals surface area contributed by atoms with Crippen LogP contribution in [0.5, 0.6) is 0 Å². The molecule has 1 fully saturated rings. The fourth-order valence-electron chi connectivity index (χ4n) is 3.44. The minimum absolute atomic E-state index is 0.356. The zero-order valence-corrected chi connectivity index (χ0v) is 13.8. The van der Waals surface area contributed by atoms with Gasteiger partial charge in [0.05, 0.1) is 6.04 Å². The van der Waals surface area contributed by atoms with Crippen LogP contribution in [0.1, 0.15) is 23.6 Å². The van der Waals surface area contributed by atoms with Crippen molar-refractivity contribution in [3.63, 3.8) is 0 Å². The van der Waals surface area contributed by atoms with Crippen LogP contribution in [-0.4, -0.2) is 49.1 Å². The van der Waals surface area contributed by atoms with Gasteiger partial charge in [-0.25, -0.2) is 0 Å². The van der Waals surface area contributed by atoms with Gasteiger partial charge in [-0.1, -0.05) is 60.7 Å². The second-order valence-corrected chi connectivity index (χ2v) is 6.24. The van der Waals surface area contributed by atoms with Crippen molar-refractivity contribution in [1.29, 1.82) is 0 Å². The molecule has 1 heterocycles. The Bertz CT molecular complexity index is 522. The fraction of sp³-hybridized carbons (Fsp3) is 0.400. The Balaban J connectivity index is 1.75. The van der Waals surface area contributed by atoms with Crippen molar-refractivity contribution in [1.82, 2.24) is 9.80 Å². The zero-order valence-electron chi connectivity index (χ0n) is 13.8. The molecule has 0 atom stereocenters. The molecule has 3 nitrogen and oxygen atoms in total. The summed E-state index contributed by atoms with van der Waals surface area (Å²) in [5.74, 6) is 0. The molecule has 0 radical (unpaired) electrons. The van der Waals surface area contributed by atoms with Crippen LogP contribution >= 0.6 is 0 Å². The van der Waals surface area contributed by atoms with E-state index in [-0.39, 0.29) is 0 Å². The molecule has 3 heteroatoms. The van der Waals surface area contributed by atoms with E-state index in [1.165, 1.54) is 11.1 Å². The molecule has 0 amide bonds. The number of hydrogen-bond acceptors (Lipinski definition) is 3. The Labute approximate surface area is 139 Å². The zero-order chi connectivity index (χ0) is 15.9. The summed E-state index contributed by atoms with van der Waals surface area (Å²) in [6.45, 7) is 6.41. The molecule has 0 aromatic heterocycles. The van der Waals surface area contributed by atoms with Crippen LogP contribution in [0.4, 0.5) is 0 Å². The topological polar surface area (TPSA) is 32.5 Å². The third-order valence-electron chi connectivity index (χ3n) is 4.68. The van der Waals surface area contributed by atoms with Gasteiger partial charge in [0, 0.05) is 26.2 Å². The molecule has 23 heavy (non-hydrogen) atoms. The van der Waals surface area contributed by atoms with Crippen molar-refractivity contribution in [2.75, 3.05) is 39.3 Å². The number of benzene rings is 2. The molecule has 2 N–H and O–H groups in total. The number of piperazine rings is 1. The second kappa shape index (κ2) is 8.25. The predicted molar refractivity (Wildman–Crippen MR) is 96.4 cm³/mol. The Kier molecular flexibility index (Phi) is 5.81. The molecule has 1 aliphatic heterocycles. The maximum absolute atomic E-state index is 5.64. The maximum Gasteiger partial charge on any atom is 0.0602 e. The molecule has 2 aromatic carbocycles. The van der Waals surface area contributed by atoms with E-state index < -0.39 is 0 Å². The first-order chi connectivity index (χ1) is 11.4. The smallest absolute Gasteiger partial charge is 0.0602 e. The van der Waals surface area contributed by atoms with Gasteiger partial charge in [0.1, 0.15) is 0 Å². The van der Waals surface area contributed by atoms with Crippen molar-refractivity contribution in [2.45, 2.75) is 12.5 Å². The normalized spacial score (nSPS) is 16.8. The van der Waals surface area contributed by atoms with Crippen LogP contribution in [0.25, 0.3) is 0 Å². The average molecular weight is 309 g/mol. The molecule has 0 unspecified atom stereocenters. The van der Waals surface area contributed by atoms with Crippen molar-refractivity contribution >= 4 is 0 Å². The number of rotatable bonds is 6. The van der Waals surface area contributed by atoms with Gasteiger partial charge >= 0.3 is 0 Å². The molecule has 0 bridgehead atoms. The van der Waals surface area contributed by atoms with Gasteiger partial charge in [0.25, 0.3) is 0 Å². The van der Waals surface area contributed by atoms with E-state index in [4.69, 9.17) is 5.73 Å². The monoisotopic (exact) mass is 309 g/mol. The van der Waals surface area contributed by atoms with Crippen LogP contribution in [0.15, 0.2) is 60.7 Å². The largest absolute Gasteiger partial charge is 0.330 e. The van der Waals surface area contributed by atoms with E-state index in [0.717, 1.165) is 45.7 Å². The molecule has 1 saturated heterocycles. The van der Waals surface area contributed by atoms with E-state index in [1.54, 1.807) is 0 Å². The van der Waals surface area contributed by atoms with E-state index in [2.05, 4.69) is 70.5 Å². The standard InChI is InChI=1S/C20H27N3/c21-12-7-13-22-14-16-23(17-15-22)20(18-8-3-1-4-9-18)19-10-5-2-6-11-19/h1-6,8-11,20H,7,12-17,21H2. The van der Waals surface area contributed by atoms with Crippen LogP contribution in [0, 0.1) is 0 Å². The van der Waals surface area contributed by atoms with E-state index in [9.17, 15) is 0 Å². The molecule has 0 saturated carbocycles. The molecule has 0 aliphatic carbocycles. The maximum atomic E-state index is 5.64. The minimum Gasteiger partial charge on any atom is -0.330 e. The first kappa shape index (κ1) is 16.2. The van der Waals surface area contributed by atoms with E-state index in [0.29, 0.717) is 6.04 Å². The molecule has 1 aliphatic rings. The summed E-state index contributed by atoms with van der Waals surface area (Å²) in [4.78, 5) is 5.15. The minimum atomic E-state index is 0.356. The highest BCUT2D eigenvalue weighted by molar-refractivity contribution is 5.31. The number of nitrogens with zero attached hydrogens (tertiary/aromatic N) is 2. The fourth-order valence-corrected chi connectivity index (χ4v) is 3.44. The first-order valence-corrected chi connectivity index (χ1v) is 8.65. The van der Waals surface area contributed by atoms with Crippen molar-refractivity contribution in [3.8, 4) is 0 Å². The summed E-state index contributed by atoms with van der Waals surface area (Å²) in [7, 11) is 0. The van der Waals surface area contributed by atoms with Gasteiger partial charge < -0.3 is 10.6 Å². The Morgan fingerprint density at radius 3 is 1.78 bits per heavy atom. The summed E-state index contributed by atoms with van der Waals surface area (Å²) in [6.07, 6.45) is 1.10. The summed E-state index contributed by atoms with van der Waals surface area (Å²) < 4.78 is 0. The third kappa shape index (κ3) is 4.20. The lowest BCUT2D eigenvalue weighted by atomic mass is 9.96. The summed E-state index contributed by atoms with van der Waals surface area (Å²) in [5, 5.41) is 0.